The van der Waals surface area contributed by atoms with Crippen LogP contribution < -0.4 is 4.74 Å². The minimum Gasteiger partial charge on any atom is -0.497 e. The number of fused-ring (bicyclic) bond motifs is 1. The van der Waals surface area contributed by atoms with Crippen molar-refractivity contribution in [2.45, 2.75) is 25.8 Å². The van der Waals surface area contributed by atoms with Crippen molar-refractivity contribution >= 4 is 11.2 Å². The Morgan fingerprint density at radius 2 is 1.65 bits per heavy atom. The van der Waals surface area contributed by atoms with Crippen molar-refractivity contribution in [2.75, 3.05) is 26.7 Å². The van der Waals surface area contributed by atoms with Gasteiger partial charge in [-0.1, -0.05) is 48.9 Å². The van der Waals surface area contributed by atoms with Crippen LogP contribution in [0.5, 0.6) is 5.75 Å². The normalized spacial score (nSPS) is 14.7. The van der Waals surface area contributed by atoms with Gasteiger partial charge in [0, 0.05) is 30.4 Å². The third-order valence-corrected chi connectivity index (χ3v) is 6.13. The Kier molecular flexibility index (Phi) is 5.67. The largest absolute Gasteiger partial charge is 0.497 e. The van der Waals surface area contributed by atoms with Crippen LogP contribution in [0.3, 0.4) is 0 Å². The highest BCUT2D eigenvalue weighted by Crippen LogP contribution is 2.29. The Morgan fingerprint density at radius 1 is 0.839 bits per heavy atom. The van der Waals surface area contributed by atoms with Crippen LogP contribution in [-0.4, -0.2) is 46.2 Å². The van der Waals surface area contributed by atoms with Crippen molar-refractivity contribution in [1.29, 1.82) is 0 Å². The molecule has 0 saturated carbocycles. The molecule has 0 atom stereocenters. The molecule has 1 saturated heterocycles. The summed E-state index contributed by atoms with van der Waals surface area (Å²) in [5.41, 5.74) is 5.21. The van der Waals surface area contributed by atoms with Crippen molar-refractivity contribution in [3.05, 3.63) is 66.9 Å². The van der Waals surface area contributed by atoms with Crippen LogP contribution in [0.1, 0.15) is 19.3 Å². The molecule has 3 heterocycles. The molecule has 0 N–H and O–H groups in total. The van der Waals surface area contributed by atoms with E-state index < -0.39 is 0 Å². The molecule has 158 valence electrons. The molecule has 2 aromatic carbocycles. The van der Waals surface area contributed by atoms with Crippen LogP contribution in [0.2, 0.25) is 0 Å². The summed E-state index contributed by atoms with van der Waals surface area (Å²) in [7, 11) is 1.70. The predicted octanol–water partition coefficient (Wildman–Crippen LogP) is 5.26. The van der Waals surface area contributed by atoms with E-state index in [1.165, 1.54) is 37.9 Å². The fourth-order valence-corrected chi connectivity index (χ4v) is 4.43. The maximum Gasteiger partial charge on any atom is 0.178 e. The quantitative estimate of drug-likeness (QED) is 0.433. The molecule has 0 radical (unpaired) electrons. The topological polar surface area (TPSA) is 43.2 Å². The number of pyridine rings is 1. The Morgan fingerprint density at radius 3 is 2.45 bits per heavy atom. The number of nitrogens with zero attached hydrogens (tertiary/aromatic N) is 4. The van der Waals surface area contributed by atoms with Gasteiger partial charge < -0.3 is 14.2 Å². The lowest BCUT2D eigenvalue weighted by Gasteiger charge is -2.26. The van der Waals surface area contributed by atoms with Crippen LogP contribution >= 0.6 is 0 Å². The molecule has 1 aliphatic rings. The van der Waals surface area contributed by atoms with E-state index in [1.54, 1.807) is 7.11 Å². The second kappa shape index (κ2) is 8.90. The van der Waals surface area contributed by atoms with Gasteiger partial charge in [0.1, 0.15) is 11.6 Å². The van der Waals surface area contributed by atoms with Gasteiger partial charge in [-0.3, -0.25) is 0 Å². The third-order valence-electron chi connectivity index (χ3n) is 6.13. The van der Waals surface area contributed by atoms with Crippen LogP contribution in [0, 0.1) is 0 Å². The van der Waals surface area contributed by atoms with E-state index in [0.717, 1.165) is 47.0 Å². The van der Waals surface area contributed by atoms with Crippen LogP contribution in [0.25, 0.3) is 33.7 Å². The summed E-state index contributed by atoms with van der Waals surface area (Å²) in [4.78, 5) is 12.2. The van der Waals surface area contributed by atoms with Crippen LogP contribution in [0.4, 0.5) is 0 Å². The molecule has 5 rings (SSSR count). The number of hydrogen-bond acceptors (Lipinski definition) is 4. The average Bonchev–Trinajstić information content (AvgIpc) is 3.22. The highest BCUT2D eigenvalue weighted by atomic mass is 16.5. The molecule has 2 aromatic heterocycles. The maximum absolute atomic E-state index is 5.46. The highest BCUT2D eigenvalue weighted by Gasteiger charge is 2.17. The molecule has 0 amide bonds. The molecule has 1 aliphatic heterocycles. The predicted molar refractivity (Wildman–Crippen MR) is 125 cm³/mol. The lowest BCUT2D eigenvalue weighted by molar-refractivity contribution is 0.222. The lowest BCUT2D eigenvalue weighted by atomic mass is 10.1. The first-order valence-corrected chi connectivity index (χ1v) is 11.1. The number of likely N-dealkylation sites (tertiary alicyclic amines) is 1. The zero-order valence-electron chi connectivity index (χ0n) is 18.0. The van der Waals surface area contributed by atoms with Gasteiger partial charge in [0.2, 0.25) is 0 Å². The van der Waals surface area contributed by atoms with Gasteiger partial charge in [-0.25, -0.2) is 9.97 Å². The Hall–Kier alpha value is -3.18. The molecule has 5 heteroatoms. The Bertz CT molecular complexity index is 1160. The van der Waals surface area contributed by atoms with Crippen molar-refractivity contribution in [2.24, 2.45) is 0 Å². The number of hydrogen-bond donors (Lipinski definition) is 0. The number of ether oxygens (including phenoxy) is 1. The molecule has 0 unspecified atom stereocenters. The zero-order chi connectivity index (χ0) is 21.0. The third kappa shape index (κ3) is 4.19. The van der Waals surface area contributed by atoms with E-state index in [2.05, 4.69) is 51.9 Å². The van der Waals surface area contributed by atoms with Crippen molar-refractivity contribution < 1.29 is 4.74 Å². The summed E-state index contributed by atoms with van der Waals surface area (Å²) in [6.45, 7) is 4.30. The van der Waals surface area contributed by atoms with Crippen molar-refractivity contribution in [3.8, 4) is 28.3 Å². The van der Waals surface area contributed by atoms with Gasteiger partial charge in [-0.2, -0.15) is 0 Å². The second-order valence-electron chi connectivity index (χ2n) is 8.15. The smallest absolute Gasteiger partial charge is 0.178 e. The first kappa shape index (κ1) is 19.8. The first-order chi connectivity index (χ1) is 15.3. The summed E-state index contributed by atoms with van der Waals surface area (Å²) >= 11 is 0. The van der Waals surface area contributed by atoms with Gasteiger partial charge in [0.25, 0.3) is 0 Å². The maximum atomic E-state index is 5.46. The summed E-state index contributed by atoms with van der Waals surface area (Å²) in [5.74, 6) is 1.79. The van der Waals surface area contributed by atoms with E-state index in [4.69, 9.17) is 14.7 Å². The minimum absolute atomic E-state index is 0.788. The number of benzene rings is 2. The molecule has 0 aliphatic carbocycles. The molecular formula is C26H28N4O. The van der Waals surface area contributed by atoms with Crippen molar-refractivity contribution in [1.82, 2.24) is 19.4 Å². The van der Waals surface area contributed by atoms with Gasteiger partial charge in [0.15, 0.2) is 5.65 Å². The zero-order valence-corrected chi connectivity index (χ0v) is 18.0. The molecule has 1 fully saturated rings. The monoisotopic (exact) mass is 412 g/mol. The van der Waals surface area contributed by atoms with Gasteiger partial charge in [0.05, 0.1) is 12.6 Å². The number of rotatable bonds is 6. The highest BCUT2D eigenvalue weighted by molar-refractivity contribution is 5.82. The molecular weight excluding hydrogens is 384 g/mol. The second-order valence-corrected chi connectivity index (χ2v) is 8.15. The lowest BCUT2D eigenvalue weighted by Crippen LogP contribution is -2.32. The minimum atomic E-state index is 0.788. The van der Waals surface area contributed by atoms with E-state index in [0.29, 0.717) is 0 Å². The summed E-state index contributed by atoms with van der Waals surface area (Å²) in [6, 6.07) is 20.8. The van der Waals surface area contributed by atoms with Gasteiger partial charge in [-0.15, -0.1) is 0 Å². The van der Waals surface area contributed by atoms with Gasteiger partial charge in [-0.05, 0) is 49.7 Å². The summed E-state index contributed by atoms with van der Waals surface area (Å²) in [6.07, 6.45) is 5.87. The standard InChI is InChI=1S/C26H28N4O/c1-31-23-12-8-11-21(17-23)26-28-25-24(30(26)16-15-29-13-6-3-7-14-29)18-22(19-27-25)20-9-4-2-5-10-20/h2,4-5,8-12,17-19H,3,6-7,13-16H2,1H3. The first-order valence-electron chi connectivity index (χ1n) is 11.1. The number of aromatic nitrogens is 3. The Balaban J connectivity index is 1.58. The van der Waals surface area contributed by atoms with E-state index in [1.807, 2.05) is 24.4 Å². The van der Waals surface area contributed by atoms with E-state index in [9.17, 15) is 0 Å². The SMILES string of the molecule is COc1cccc(-c2nc3ncc(-c4ccccc4)cc3n2CCN2CCCCC2)c1. The van der Waals surface area contributed by atoms with E-state index >= 15 is 0 Å². The fourth-order valence-electron chi connectivity index (χ4n) is 4.43. The number of piperidine rings is 1. The molecule has 0 bridgehead atoms. The Labute approximate surface area is 183 Å². The van der Waals surface area contributed by atoms with Crippen LogP contribution in [-0.2, 0) is 6.54 Å². The summed E-state index contributed by atoms with van der Waals surface area (Å²) in [5, 5.41) is 0. The summed E-state index contributed by atoms with van der Waals surface area (Å²) < 4.78 is 7.79. The fraction of sp³-hybridized carbons (Fsp3) is 0.308. The molecule has 4 aromatic rings. The molecule has 31 heavy (non-hydrogen) atoms. The number of imidazole rings is 1. The van der Waals surface area contributed by atoms with Gasteiger partial charge >= 0.3 is 0 Å². The van der Waals surface area contributed by atoms with E-state index in [-0.39, 0.29) is 0 Å². The molecule has 0 spiro atoms. The number of methoxy groups -OCH3 is 1. The van der Waals surface area contributed by atoms with Crippen molar-refractivity contribution in [3.63, 3.8) is 0 Å². The van der Waals surface area contributed by atoms with Crippen LogP contribution in [0.15, 0.2) is 66.9 Å². The molecule has 5 nitrogen and oxygen atoms in total. The average molecular weight is 413 g/mol.